The molecular formula is C49H49NS. The molecular weight excluding hydrogens is 635 g/mol. The van der Waals surface area contributed by atoms with Gasteiger partial charge in [0.1, 0.15) is 0 Å². The maximum absolute atomic E-state index is 2.54. The molecule has 51 heavy (non-hydrogen) atoms. The Hall–Kier alpha value is -3.88. The lowest BCUT2D eigenvalue weighted by molar-refractivity contribution is -0.00518. The van der Waals surface area contributed by atoms with Gasteiger partial charge >= 0.3 is 0 Å². The van der Waals surface area contributed by atoms with Gasteiger partial charge in [-0.25, -0.2) is 0 Å². The van der Waals surface area contributed by atoms with Gasteiger partial charge in [0.15, 0.2) is 0 Å². The van der Waals surface area contributed by atoms with Crippen LogP contribution in [0, 0.1) is 17.8 Å². The Kier molecular flexibility index (Phi) is 6.81. The first kappa shape index (κ1) is 30.7. The number of benzene rings is 5. The van der Waals surface area contributed by atoms with Crippen LogP contribution >= 0.6 is 11.3 Å². The number of rotatable bonds is 5. The number of hydrogen-bond donors (Lipinski definition) is 0. The first-order chi connectivity index (χ1) is 24.9. The fraction of sp³-hybridized carbons (Fsp3) is 0.388. The van der Waals surface area contributed by atoms with Gasteiger partial charge in [-0.2, -0.15) is 0 Å². The fourth-order valence-electron chi connectivity index (χ4n) is 12.4. The van der Waals surface area contributed by atoms with Gasteiger partial charge in [0.25, 0.3) is 0 Å². The van der Waals surface area contributed by atoms with Gasteiger partial charge in [-0.05, 0) is 162 Å². The van der Waals surface area contributed by atoms with E-state index < -0.39 is 0 Å². The van der Waals surface area contributed by atoms with E-state index in [0.29, 0.717) is 11.3 Å². The Morgan fingerprint density at radius 1 is 0.608 bits per heavy atom. The predicted molar refractivity (Wildman–Crippen MR) is 217 cm³/mol. The summed E-state index contributed by atoms with van der Waals surface area (Å²) in [5.41, 5.74) is 13.0. The summed E-state index contributed by atoms with van der Waals surface area (Å²) in [6.07, 6.45) is 15.5. The second-order valence-electron chi connectivity index (χ2n) is 17.8. The van der Waals surface area contributed by atoms with Crippen molar-refractivity contribution < 1.29 is 0 Å². The van der Waals surface area contributed by atoms with E-state index >= 15 is 0 Å². The Labute approximate surface area is 307 Å². The molecule has 12 rings (SSSR count). The Morgan fingerprint density at radius 3 is 1.96 bits per heavy atom. The quantitative estimate of drug-likeness (QED) is 0.175. The van der Waals surface area contributed by atoms with Crippen molar-refractivity contribution in [3.8, 4) is 11.1 Å². The molecule has 2 heteroatoms. The molecule has 4 bridgehead atoms. The summed E-state index contributed by atoms with van der Waals surface area (Å²) in [6.45, 7) is 4.87. The third-order valence-electron chi connectivity index (χ3n) is 14.4. The molecule has 0 atom stereocenters. The monoisotopic (exact) mass is 683 g/mol. The molecule has 1 aromatic heterocycles. The van der Waals surface area contributed by atoms with Crippen LogP contribution in [0.25, 0.3) is 31.3 Å². The average molecular weight is 684 g/mol. The molecule has 0 amide bonds. The van der Waals surface area contributed by atoms with Crippen molar-refractivity contribution in [3.63, 3.8) is 0 Å². The number of thiophene rings is 1. The van der Waals surface area contributed by atoms with Gasteiger partial charge in [-0.1, -0.05) is 87.7 Å². The Morgan fingerprint density at radius 2 is 1.25 bits per heavy atom. The Balaban J connectivity index is 1.03. The molecule has 5 fully saturated rings. The normalized spacial score (nSPS) is 26.1. The first-order valence-corrected chi connectivity index (χ1v) is 20.9. The minimum Gasteiger partial charge on any atom is -0.310 e. The summed E-state index contributed by atoms with van der Waals surface area (Å²) in [7, 11) is 0. The van der Waals surface area contributed by atoms with E-state index in [4.69, 9.17) is 0 Å². The summed E-state index contributed by atoms with van der Waals surface area (Å²) in [6, 6.07) is 40.8. The summed E-state index contributed by atoms with van der Waals surface area (Å²) >= 11 is 1.93. The number of hydrogen-bond acceptors (Lipinski definition) is 2. The summed E-state index contributed by atoms with van der Waals surface area (Å²) in [5.74, 6) is 3.59. The maximum Gasteiger partial charge on any atom is 0.0465 e. The molecule has 6 aliphatic rings. The molecule has 6 aromatic rings. The van der Waals surface area contributed by atoms with E-state index in [2.05, 4.69) is 122 Å². The third-order valence-corrected chi connectivity index (χ3v) is 15.6. The Bertz CT molecular complexity index is 2260. The van der Waals surface area contributed by atoms with Crippen LogP contribution in [0.1, 0.15) is 113 Å². The SMILES string of the molecule is CC1(C)c2cc(N(c3ccc(C4CCCCC4)cc3)c3ccc(C45CC6CC(CC(C6)C4)C5)cc3)ccc2-c2c1ccc1sc3ccccc3c21. The zero-order valence-electron chi connectivity index (χ0n) is 30.3. The van der Waals surface area contributed by atoms with Crippen molar-refractivity contribution in [3.05, 3.63) is 125 Å². The van der Waals surface area contributed by atoms with E-state index in [-0.39, 0.29) is 5.41 Å². The molecule has 256 valence electrons. The molecule has 6 aliphatic carbocycles. The molecule has 5 saturated carbocycles. The van der Waals surface area contributed by atoms with Crippen LogP contribution in [0.15, 0.2) is 103 Å². The van der Waals surface area contributed by atoms with Crippen molar-refractivity contribution in [1.29, 1.82) is 0 Å². The molecule has 0 radical (unpaired) electrons. The van der Waals surface area contributed by atoms with Crippen LogP contribution in [-0.4, -0.2) is 0 Å². The number of nitrogens with zero attached hydrogens (tertiary/aromatic N) is 1. The molecule has 0 aliphatic heterocycles. The van der Waals surface area contributed by atoms with Crippen molar-refractivity contribution >= 4 is 48.6 Å². The highest BCUT2D eigenvalue weighted by Crippen LogP contribution is 2.61. The molecule has 0 spiro atoms. The average Bonchev–Trinajstić information content (AvgIpc) is 3.64. The highest BCUT2D eigenvalue weighted by Gasteiger charge is 2.51. The van der Waals surface area contributed by atoms with E-state index in [0.717, 1.165) is 17.8 Å². The highest BCUT2D eigenvalue weighted by atomic mass is 32.1. The van der Waals surface area contributed by atoms with Gasteiger partial charge in [-0.3, -0.25) is 0 Å². The minimum atomic E-state index is -0.0865. The molecule has 5 aromatic carbocycles. The van der Waals surface area contributed by atoms with Gasteiger partial charge in [0.2, 0.25) is 0 Å². The topological polar surface area (TPSA) is 3.24 Å². The van der Waals surface area contributed by atoms with Crippen LogP contribution in [0.2, 0.25) is 0 Å². The predicted octanol–water partition coefficient (Wildman–Crippen LogP) is 14.3. The second kappa shape index (κ2) is 11.3. The number of fused-ring (bicyclic) bond motifs is 7. The lowest BCUT2D eigenvalue weighted by atomic mass is 9.48. The van der Waals surface area contributed by atoms with Crippen molar-refractivity contribution in [2.24, 2.45) is 17.8 Å². The third kappa shape index (κ3) is 4.71. The zero-order valence-corrected chi connectivity index (χ0v) is 31.1. The maximum atomic E-state index is 2.54. The van der Waals surface area contributed by atoms with Crippen LogP contribution in [-0.2, 0) is 10.8 Å². The molecule has 0 saturated heterocycles. The smallest absolute Gasteiger partial charge is 0.0465 e. The van der Waals surface area contributed by atoms with E-state index in [1.165, 1.54) is 136 Å². The van der Waals surface area contributed by atoms with E-state index in [9.17, 15) is 0 Å². The van der Waals surface area contributed by atoms with E-state index in [1.54, 1.807) is 5.56 Å². The largest absolute Gasteiger partial charge is 0.310 e. The summed E-state index contributed by atoms with van der Waals surface area (Å²) in [5, 5.41) is 2.82. The fourth-order valence-corrected chi connectivity index (χ4v) is 13.5. The molecule has 0 N–H and O–H groups in total. The van der Waals surface area contributed by atoms with Crippen molar-refractivity contribution in [2.75, 3.05) is 4.90 Å². The lowest BCUT2D eigenvalue weighted by Crippen LogP contribution is -2.48. The van der Waals surface area contributed by atoms with Crippen LogP contribution in [0.4, 0.5) is 17.1 Å². The first-order valence-electron chi connectivity index (χ1n) is 20.0. The molecule has 0 unspecified atom stereocenters. The molecule has 1 nitrogen and oxygen atoms in total. The van der Waals surface area contributed by atoms with Gasteiger partial charge in [-0.15, -0.1) is 11.3 Å². The second-order valence-corrected chi connectivity index (χ2v) is 18.9. The zero-order chi connectivity index (χ0) is 33.9. The van der Waals surface area contributed by atoms with Crippen LogP contribution in [0.3, 0.4) is 0 Å². The standard InChI is InChI=1S/C49H49NS/c1-48(2)42-22-23-45-47(41-10-6-7-11-44(41)51-45)46(42)40-21-20-39(27-43(40)48)50(37-16-12-35(13-17-37)34-8-4-3-5-9-34)38-18-14-36(15-19-38)49-28-31-24-32(29-49)26-33(25-31)30-49/h6-7,10-23,27,31-34H,3-5,8-9,24-26,28-30H2,1-2H3. The van der Waals surface area contributed by atoms with Crippen molar-refractivity contribution in [2.45, 2.75) is 101 Å². The van der Waals surface area contributed by atoms with Crippen molar-refractivity contribution in [1.82, 2.24) is 0 Å². The lowest BCUT2D eigenvalue weighted by Gasteiger charge is -2.57. The van der Waals surface area contributed by atoms with Crippen LogP contribution < -0.4 is 4.90 Å². The highest BCUT2D eigenvalue weighted by molar-refractivity contribution is 7.26. The molecule has 1 heterocycles. The van der Waals surface area contributed by atoms with Gasteiger partial charge < -0.3 is 4.90 Å². The minimum absolute atomic E-state index is 0.0865. The summed E-state index contributed by atoms with van der Waals surface area (Å²) in [4.78, 5) is 2.54. The van der Waals surface area contributed by atoms with Gasteiger partial charge in [0.05, 0.1) is 0 Å². The van der Waals surface area contributed by atoms with E-state index in [1.807, 2.05) is 11.3 Å². The number of anilines is 3. The summed E-state index contributed by atoms with van der Waals surface area (Å²) < 4.78 is 2.77. The van der Waals surface area contributed by atoms with Crippen LogP contribution in [0.5, 0.6) is 0 Å². The van der Waals surface area contributed by atoms with Gasteiger partial charge in [0, 0.05) is 42.6 Å².